The minimum absolute atomic E-state index is 0.196. The Morgan fingerprint density at radius 3 is 2.43 bits per heavy atom. The molecule has 0 unspecified atom stereocenters. The molecule has 118 valence electrons. The third kappa shape index (κ3) is 5.57. The molecule has 1 atom stereocenters. The van der Waals surface area contributed by atoms with Gasteiger partial charge in [0.05, 0.1) is 12.7 Å². The number of carbonyl (C=O) groups is 2. The van der Waals surface area contributed by atoms with E-state index in [4.69, 9.17) is 9.15 Å². The van der Waals surface area contributed by atoms with Crippen LogP contribution in [0.5, 0.6) is 0 Å². The molecule has 7 nitrogen and oxygen atoms in total. The second-order valence-electron chi connectivity index (χ2n) is 4.68. The third-order valence-corrected chi connectivity index (χ3v) is 2.94. The van der Waals surface area contributed by atoms with Gasteiger partial charge in [-0.25, -0.2) is 0 Å². The zero-order chi connectivity index (χ0) is 15.8. The smallest absolute Gasteiger partial charge is 0.309 e. The quantitative estimate of drug-likeness (QED) is 0.493. The molecule has 1 heterocycles. The van der Waals surface area contributed by atoms with Crippen LogP contribution in [0.25, 0.3) is 0 Å². The normalized spacial score (nSPS) is 12.0. The van der Waals surface area contributed by atoms with Gasteiger partial charge in [0.2, 0.25) is 0 Å². The van der Waals surface area contributed by atoms with Crippen molar-refractivity contribution in [3.63, 3.8) is 0 Å². The standard InChI is InChI=1S/C14H22N2O5/c1-9-8-11(10(2)21-9)12(17)4-5-15-13(18)14(19)16-6-7-20-3/h8,12,17H,4-7H2,1-3H3,(H,15,18)(H,16,19)/t12-/m0/s1. The minimum atomic E-state index is -0.737. The van der Waals surface area contributed by atoms with Crippen molar-refractivity contribution in [1.82, 2.24) is 10.6 Å². The summed E-state index contributed by atoms with van der Waals surface area (Å²) in [5, 5.41) is 14.9. The van der Waals surface area contributed by atoms with Gasteiger partial charge in [-0.15, -0.1) is 0 Å². The average molecular weight is 298 g/mol. The number of methoxy groups -OCH3 is 1. The van der Waals surface area contributed by atoms with E-state index in [9.17, 15) is 14.7 Å². The Balaban J connectivity index is 2.31. The molecule has 0 fully saturated rings. The molecule has 0 saturated carbocycles. The molecule has 0 aliphatic heterocycles. The number of rotatable bonds is 7. The largest absolute Gasteiger partial charge is 0.466 e. The number of amides is 2. The van der Waals surface area contributed by atoms with E-state index in [1.165, 1.54) is 7.11 Å². The fourth-order valence-electron chi connectivity index (χ4n) is 1.89. The lowest BCUT2D eigenvalue weighted by atomic mass is 10.1. The minimum Gasteiger partial charge on any atom is -0.466 e. The maximum atomic E-state index is 11.5. The van der Waals surface area contributed by atoms with Crippen molar-refractivity contribution in [2.24, 2.45) is 0 Å². The molecule has 7 heteroatoms. The van der Waals surface area contributed by atoms with Crippen LogP contribution in [-0.2, 0) is 14.3 Å². The number of aryl methyl sites for hydroxylation is 2. The van der Waals surface area contributed by atoms with Gasteiger partial charge in [-0.05, 0) is 26.3 Å². The van der Waals surface area contributed by atoms with E-state index in [-0.39, 0.29) is 13.1 Å². The van der Waals surface area contributed by atoms with Gasteiger partial charge in [0, 0.05) is 25.8 Å². The van der Waals surface area contributed by atoms with E-state index in [1.807, 2.05) is 0 Å². The molecule has 0 spiro atoms. The van der Waals surface area contributed by atoms with E-state index < -0.39 is 17.9 Å². The van der Waals surface area contributed by atoms with Gasteiger partial charge < -0.3 is 24.9 Å². The maximum Gasteiger partial charge on any atom is 0.309 e. The molecule has 0 radical (unpaired) electrons. The van der Waals surface area contributed by atoms with Crippen LogP contribution in [0.3, 0.4) is 0 Å². The Morgan fingerprint density at radius 2 is 1.90 bits per heavy atom. The first-order chi connectivity index (χ1) is 9.95. The van der Waals surface area contributed by atoms with E-state index in [1.54, 1.807) is 19.9 Å². The number of furan rings is 1. The molecule has 0 aliphatic carbocycles. The molecule has 1 aromatic rings. The Kier molecular flexibility index (Phi) is 6.90. The zero-order valence-corrected chi connectivity index (χ0v) is 12.6. The summed E-state index contributed by atoms with van der Waals surface area (Å²) in [6.07, 6.45) is -0.434. The van der Waals surface area contributed by atoms with Gasteiger partial charge in [0.25, 0.3) is 0 Å². The van der Waals surface area contributed by atoms with Crippen molar-refractivity contribution < 1.29 is 23.8 Å². The summed E-state index contributed by atoms with van der Waals surface area (Å²) in [4.78, 5) is 22.8. The fourth-order valence-corrected chi connectivity index (χ4v) is 1.89. The van der Waals surface area contributed by atoms with Gasteiger partial charge in [-0.1, -0.05) is 0 Å². The molecule has 1 rings (SSSR count). The molecule has 21 heavy (non-hydrogen) atoms. The van der Waals surface area contributed by atoms with Crippen molar-refractivity contribution >= 4 is 11.8 Å². The second kappa shape index (κ2) is 8.43. The molecule has 1 aromatic heterocycles. The lowest BCUT2D eigenvalue weighted by Gasteiger charge is -2.10. The van der Waals surface area contributed by atoms with Crippen LogP contribution < -0.4 is 10.6 Å². The van der Waals surface area contributed by atoms with Crippen molar-refractivity contribution in [3.05, 3.63) is 23.2 Å². The molecule has 3 N–H and O–H groups in total. The number of ether oxygens (including phenoxy) is 1. The summed E-state index contributed by atoms with van der Waals surface area (Å²) in [7, 11) is 1.51. The lowest BCUT2D eigenvalue weighted by molar-refractivity contribution is -0.139. The molecule has 0 bridgehead atoms. The zero-order valence-electron chi connectivity index (χ0n) is 12.6. The van der Waals surface area contributed by atoms with Gasteiger partial charge >= 0.3 is 11.8 Å². The molecule has 0 saturated heterocycles. The second-order valence-corrected chi connectivity index (χ2v) is 4.68. The number of aliphatic hydroxyl groups is 1. The SMILES string of the molecule is COCCNC(=O)C(=O)NCC[C@H](O)c1cc(C)oc1C. The highest BCUT2D eigenvalue weighted by atomic mass is 16.5. The Hall–Kier alpha value is -1.86. The first-order valence-corrected chi connectivity index (χ1v) is 6.75. The first kappa shape index (κ1) is 17.2. The van der Waals surface area contributed by atoms with E-state index in [0.717, 1.165) is 5.76 Å². The Labute approximate surface area is 123 Å². The van der Waals surface area contributed by atoms with Crippen LogP contribution >= 0.6 is 0 Å². The summed E-state index contributed by atoms with van der Waals surface area (Å²) < 4.78 is 10.1. The highest BCUT2D eigenvalue weighted by Crippen LogP contribution is 2.23. The Morgan fingerprint density at radius 1 is 1.29 bits per heavy atom. The highest BCUT2D eigenvalue weighted by Gasteiger charge is 2.16. The topological polar surface area (TPSA) is 101 Å². The molecular formula is C14H22N2O5. The van der Waals surface area contributed by atoms with Gasteiger partial charge in [-0.3, -0.25) is 9.59 Å². The predicted molar refractivity (Wildman–Crippen MR) is 75.7 cm³/mol. The molecule has 0 aliphatic rings. The van der Waals surface area contributed by atoms with Crippen LogP contribution in [0, 0.1) is 13.8 Å². The summed E-state index contributed by atoms with van der Waals surface area (Å²) >= 11 is 0. The fraction of sp³-hybridized carbons (Fsp3) is 0.571. The van der Waals surface area contributed by atoms with Gasteiger partial charge in [-0.2, -0.15) is 0 Å². The average Bonchev–Trinajstić information content (AvgIpc) is 2.77. The third-order valence-electron chi connectivity index (χ3n) is 2.94. The van der Waals surface area contributed by atoms with Crippen LogP contribution in [-0.4, -0.2) is 43.7 Å². The molecular weight excluding hydrogens is 276 g/mol. The van der Waals surface area contributed by atoms with Gasteiger partial charge in [0.15, 0.2) is 0 Å². The summed E-state index contributed by atoms with van der Waals surface area (Å²) in [5.74, 6) is -0.0537. The van der Waals surface area contributed by atoms with Crippen molar-refractivity contribution in [2.75, 3.05) is 26.8 Å². The van der Waals surface area contributed by atoms with Crippen molar-refractivity contribution in [1.29, 1.82) is 0 Å². The van der Waals surface area contributed by atoms with Crippen molar-refractivity contribution in [2.45, 2.75) is 26.4 Å². The van der Waals surface area contributed by atoms with Crippen LogP contribution in [0.15, 0.2) is 10.5 Å². The van der Waals surface area contributed by atoms with E-state index in [2.05, 4.69) is 10.6 Å². The summed E-state index contributed by atoms with van der Waals surface area (Å²) in [6, 6.07) is 1.76. The summed E-state index contributed by atoms with van der Waals surface area (Å²) in [5.41, 5.74) is 0.700. The summed E-state index contributed by atoms with van der Waals surface area (Å²) in [6.45, 7) is 4.39. The number of hydrogen-bond donors (Lipinski definition) is 3. The Bertz CT molecular complexity index is 484. The number of nitrogens with one attached hydrogen (secondary N) is 2. The maximum absolute atomic E-state index is 11.5. The predicted octanol–water partition coefficient (Wildman–Crippen LogP) is 0.199. The highest BCUT2D eigenvalue weighted by molar-refractivity contribution is 6.35. The first-order valence-electron chi connectivity index (χ1n) is 6.75. The molecule has 0 aromatic carbocycles. The monoisotopic (exact) mass is 298 g/mol. The lowest BCUT2D eigenvalue weighted by Crippen LogP contribution is -2.41. The van der Waals surface area contributed by atoms with Crippen LogP contribution in [0.1, 0.15) is 29.6 Å². The van der Waals surface area contributed by atoms with Crippen LogP contribution in [0.4, 0.5) is 0 Å². The van der Waals surface area contributed by atoms with E-state index in [0.29, 0.717) is 24.4 Å². The van der Waals surface area contributed by atoms with Crippen molar-refractivity contribution in [3.8, 4) is 0 Å². The number of hydrogen-bond acceptors (Lipinski definition) is 5. The number of carbonyl (C=O) groups excluding carboxylic acids is 2. The number of aliphatic hydroxyl groups excluding tert-OH is 1. The van der Waals surface area contributed by atoms with Crippen LogP contribution in [0.2, 0.25) is 0 Å². The molecule has 2 amide bonds. The van der Waals surface area contributed by atoms with E-state index >= 15 is 0 Å². The van der Waals surface area contributed by atoms with Gasteiger partial charge in [0.1, 0.15) is 11.5 Å².